The van der Waals surface area contributed by atoms with Gasteiger partial charge < -0.3 is 19.5 Å². The van der Waals surface area contributed by atoms with E-state index in [4.69, 9.17) is 14.2 Å². The Morgan fingerprint density at radius 2 is 2.09 bits per heavy atom. The van der Waals surface area contributed by atoms with E-state index in [0.29, 0.717) is 49.6 Å². The second-order valence-corrected chi connectivity index (χ2v) is 8.54. The molecule has 1 fully saturated rings. The minimum Gasteiger partial charge on any atom is -0.493 e. The Morgan fingerprint density at radius 1 is 1.28 bits per heavy atom. The molecule has 0 radical (unpaired) electrons. The lowest BCUT2D eigenvalue weighted by Crippen LogP contribution is -2.44. The molecule has 2 aromatic rings. The van der Waals surface area contributed by atoms with Crippen LogP contribution in [0.5, 0.6) is 11.5 Å². The average molecular weight is 461 g/mol. The quantitative estimate of drug-likeness (QED) is 0.593. The smallest absolute Gasteiger partial charge is 0.267 e. The second kappa shape index (κ2) is 10.4. The van der Waals surface area contributed by atoms with E-state index in [1.54, 1.807) is 11.7 Å². The fraction of sp³-hybridized carbons (Fsp3) is 0.500. The number of methoxy groups -OCH3 is 1. The third-order valence-corrected chi connectivity index (χ3v) is 6.59. The Bertz CT molecular complexity index is 1020. The van der Waals surface area contributed by atoms with Gasteiger partial charge in [-0.05, 0) is 24.6 Å². The molecule has 32 heavy (non-hydrogen) atoms. The Kier molecular flexibility index (Phi) is 7.33. The minimum atomic E-state index is -0.411. The van der Waals surface area contributed by atoms with Crippen LogP contribution in [0.2, 0.25) is 0 Å². The summed E-state index contributed by atoms with van der Waals surface area (Å²) < 4.78 is 18.2. The largest absolute Gasteiger partial charge is 0.493 e. The lowest BCUT2D eigenvalue weighted by atomic mass is 10.0. The van der Waals surface area contributed by atoms with Gasteiger partial charge in [0.1, 0.15) is 5.56 Å². The lowest BCUT2D eigenvalue weighted by Gasteiger charge is -2.35. The van der Waals surface area contributed by atoms with Crippen LogP contribution >= 0.6 is 11.8 Å². The number of benzene rings is 1. The number of carbonyl (C=O) groups excluding carboxylic acids is 1. The van der Waals surface area contributed by atoms with Gasteiger partial charge >= 0.3 is 0 Å². The number of ether oxygens (including phenoxy) is 3. The summed E-state index contributed by atoms with van der Waals surface area (Å²) in [6.45, 7) is 6.14. The zero-order valence-electron chi connectivity index (χ0n) is 18.3. The highest BCUT2D eigenvalue weighted by Gasteiger charge is 2.26. The standard InChI is InChI=1S/C22H28N4O5S/c1-3-31-18-5-4-15(12-19(18)29-2)17(25-6-9-30-10-7-25)14-23-20(27)16-13-24-22-26(21(16)28)8-11-32-22/h4-5,12-13,17H,3,6-11,14H2,1-2H3,(H,23,27). The molecule has 1 saturated heterocycles. The minimum absolute atomic E-state index is 0.0706. The highest BCUT2D eigenvalue weighted by atomic mass is 32.2. The molecule has 4 rings (SSSR count). The summed E-state index contributed by atoms with van der Waals surface area (Å²) >= 11 is 1.52. The molecule has 0 bridgehead atoms. The molecule has 1 aromatic carbocycles. The second-order valence-electron chi connectivity index (χ2n) is 7.48. The summed E-state index contributed by atoms with van der Waals surface area (Å²) in [5.74, 6) is 1.71. The topological polar surface area (TPSA) is 94.9 Å². The van der Waals surface area contributed by atoms with E-state index in [0.717, 1.165) is 24.4 Å². The van der Waals surface area contributed by atoms with Crippen molar-refractivity contribution in [1.82, 2.24) is 19.8 Å². The average Bonchev–Trinajstić information content (AvgIpc) is 3.31. The normalized spacial score (nSPS) is 16.9. The zero-order chi connectivity index (χ0) is 22.5. The zero-order valence-corrected chi connectivity index (χ0v) is 19.2. The summed E-state index contributed by atoms with van der Waals surface area (Å²) in [6, 6.07) is 5.72. The maximum absolute atomic E-state index is 12.9. The number of amides is 1. The highest BCUT2D eigenvalue weighted by Crippen LogP contribution is 2.32. The van der Waals surface area contributed by atoms with Crippen molar-refractivity contribution in [3.8, 4) is 11.5 Å². The molecule has 3 heterocycles. The molecule has 2 aliphatic heterocycles. The van der Waals surface area contributed by atoms with Crippen LogP contribution in [-0.2, 0) is 11.3 Å². The van der Waals surface area contributed by atoms with Crippen molar-refractivity contribution in [2.45, 2.75) is 24.7 Å². The van der Waals surface area contributed by atoms with Crippen molar-refractivity contribution in [2.24, 2.45) is 0 Å². The summed E-state index contributed by atoms with van der Waals surface area (Å²) in [5.41, 5.74) is 0.775. The van der Waals surface area contributed by atoms with Gasteiger partial charge in [-0.2, -0.15) is 0 Å². The van der Waals surface area contributed by atoms with Gasteiger partial charge in [0.15, 0.2) is 16.7 Å². The number of thioether (sulfide) groups is 1. The molecule has 1 atom stereocenters. The van der Waals surface area contributed by atoms with E-state index in [-0.39, 0.29) is 17.2 Å². The Morgan fingerprint density at radius 3 is 2.84 bits per heavy atom. The summed E-state index contributed by atoms with van der Waals surface area (Å²) in [6.07, 6.45) is 1.38. The molecule has 9 nitrogen and oxygen atoms in total. The highest BCUT2D eigenvalue weighted by molar-refractivity contribution is 7.99. The van der Waals surface area contributed by atoms with Crippen LogP contribution in [0.25, 0.3) is 0 Å². The van der Waals surface area contributed by atoms with Gasteiger partial charge in [0, 0.05) is 38.1 Å². The van der Waals surface area contributed by atoms with Gasteiger partial charge in [-0.1, -0.05) is 17.8 Å². The predicted octanol–water partition coefficient (Wildman–Crippen LogP) is 1.56. The van der Waals surface area contributed by atoms with Crippen molar-refractivity contribution < 1.29 is 19.0 Å². The van der Waals surface area contributed by atoms with Crippen molar-refractivity contribution in [3.05, 3.63) is 45.9 Å². The third-order valence-electron chi connectivity index (χ3n) is 5.62. The fourth-order valence-corrected chi connectivity index (χ4v) is 4.88. The van der Waals surface area contributed by atoms with Crippen LogP contribution in [0, 0.1) is 0 Å². The summed E-state index contributed by atoms with van der Waals surface area (Å²) in [5, 5.41) is 3.62. The van der Waals surface area contributed by atoms with E-state index in [1.165, 1.54) is 18.0 Å². The third kappa shape index (κ3) is 4.77. The van der Waals surface area contributed by atoms with Crippen molar-refractivity contribution in [1.29, 1.82) is 0 Å². The van der Waals surface area contributed by atoms with Crippen molar-refractivity contribution >= 4 is 17.7 Å². The van der Waals surface area contributed by atoms with Crippen LogP contribution in [0.15, 0.2) is 34.3 Å². The number of nitrogens with zero attached hydrogens (tertiary/aromatic N) is 3. The molecular weight excluding hydrogens is 432 g/mol. The number of morpholine rings is 1. The van der Waals surface area contributed by atoms with Crippen molar-refractivity contribution in [3.63, 3.8) is 0 Å². The maximum Gasteiger partial charge on any atom is 0.267 e. The number of hydrogen-bond donors (Lipinski definition) is 1. The van der Waals surface area contributed by atoms with Gasteiger partial charge in [-0.3, -0.25) is 19.1 Å². The fourth-order valence-electron chi connectivity index (χ4n) is 3.97. The Balaban J connectivity index is 1.55. The van der Waals surface area contributed by atoms with Gasteiger partial charge in [-0.15, -0.1) is 0 Å². The first kappa shape index (κ1) is 22.6. The van der Waals surface area contributed by atoms with Crippen molar-refractivity contribution in [2.75, 3.05) is 52.3 Å². The molecule has 172 valence electrons. The molecule has 1 N–H and O–H groups in total. The first-order chi connectivity index (χ1) is 15.6. The predicted molar refractivity (Wildman–Crippen MR) is 121 cm³/mol. The molecule has 0 aliphatic carbocycles. The molecule has 1 amide bonds. The maximum atomic E-state index is 12.9. The first-order valence-corrected chi connectivity index (χ1v) is 11.7. The number of aromatic nitrogens is 2. The van der Waals surface area contributed by atoms with E-state index >= 15 is 0 Å². The molecule has 1 unspecified atom stereocenters. The van der Waals surface area contributed by atoms with Crippen LogP contribution in [0.3, 0.4) is 0 Å². The van der Waals surface area contributed by atoms with Gasteiger partial charge in [0.25, 0.3) is 11.5 Å². The SMILES string of the molecule is CCOc1ccc(C(CNC(=O)c2cnc3n(c2=O)CCS3)N2CCOCC2)cc1OC. The number of hydrogen-bond acceptors (Lipinski definition) is 8. The van der Waals surface area contributed by atoms with Crippen LogP contribution in [0.1, 0.15) is 28.9 Å². The van der Waals surface area contributed by atoms with Gasteiger partial charge in [0.2, 0.25) is 0 Å². The van der Waals surface area contributed by atoms with Gasteiger partial charge in [-0.25, -0.2) is 4.98 Å². The molecule has 2 aliphatic rings. The first-order valence-electron chi connectivity index (χ1n) is 10.8. The van der Waals surface area contributed by atoms with Crippen LogP contribution in [0.4, 0.5) is 0 Å². The number of fused-ring (bicyclic) bond motifs is 1. The van der Waals surface area contributed by atoms with E-state index in [1.807, 2.05) is 25.1 Å². The van der Waals surface area contributed by atoms with Gasteiger partial charge in [0.05, 0.1) is 33.0 Å². The number of rotatable bonds is 8. The summed E-state index contributed by atoms with van der Waals surface area (Å²) in [4.78, 5) is 32.1. The number of nitrogens with one attached hydrogen (secondary N) is 1. The lowest BCUT2D eigenvalue weighted by molar-refractivity contribution is 0.0161. The van der Waals surface area contributed by atoms with E-state index < -0.39 is 5.91 Å². The Labute approximate surface area is 191 Å². The molecule has 1 aromatic heterocycles. The molecule has 0 saturated carbocycles. The molecule has 0 spiro atoms. The number of carbonyl (C=O) groups is 1. The Hall–Kier alpha value is -2.56. The van der Waals surface area contributed by atoms with E-state index in [9.17, 15) is 9.59 Å². The van der Waals surface area contributed by atoms with Crippen LogP contribution < -0.4 is 20.3 Å². The van der Waals surface area contributed by atoms with E-state index in [2.05, 4.69) is 15.2 Å². The molecule has 10 heteroatoms. The summed E-state index contributed by atoms with van der Waals surface area (Å²) in [7, 11) is 1.61. The van der Waals surface area contributed by atoms with Crippen LogP contribution in [-0.4, -0.2) is 72.7 Å². The monoisotopic (exact) mass is 460 g/mol. The molecular formula is C22H28N4O5S.